The van der Waals surface area contributed by atoms with E-state index in [1.165, 1.54) is 7.05 Å². The number of ether oxygens (including phenoxy) is 1. The van der Waals surface area contributed by atoms with E-state index in [-0.39, 0.29) is 36.1 Å². The minimum absolute atomic E-state index is 0. The van der Waals surface area contributed by atoms with E-state index in [4.69, 9.17) is 4.74 Å². The van der Waals surface area contributed by atoms with Gasteiger partial charge in [-0.15, -0.1) is 24.0 Å². The average molecular weight is 512 g/mol. The molecule has 5 nitrogen and oxygen atoms in total. The Morgan fingerprint density at radius 3 is 2.43 bits per heavy atom. The standard InChI is InChI=1S/C18H20F4N4O.HI/c1-3-27-16-13(5-4-8-24-16)11-26-17(23-2)25-10-12-6-7-14(19)9-15(12)18(20,21)22;/h4-9H,3,10-11H2,1-2H3,(H2,23,25,26);1H. The molecule has 0 atom stereocenters. The number of nitrogens with zero attached hydrogens (tertiary/aromatic N) is 2. The molecule has 0 saturated carbocycles. The second-order valence-corrected chi connectivity index (χ2v) is 5.48. The first-order valence-corrected chi connectivity index (χ1v) is 8.22. The average Bonchev–Trinajstić information content (AvgIpc) is 2.63. The van der Waals surface area contributed by atoms with Gasteiger partial charge in [-0.3, -0.25) is 4.99 Å². The van der Waals surface area contributed by atoms with Crippen molar-refractivity contribution in [2.24, 2.45) is 4.99 Å². The molecule has 0 unspecified atom stereocenters. The molecule has 1 aromatic carbocycles. The molecule has 1 heterocycles. The van der Waals surface area contributed by atoms with E-state index in [9.17, 15) is 17.6 Å². The molecule has 0 amide bonds. The van der Waals surface area contributed by atoms with Gasteiger partial charge < -0.3 is 15.4 Å². The molecule has 2 rings (SSSR count). The summed E-state index contributed by atoms with van der Waals surface area (Å²) in [7, 11) is 1.50. The lowest BCUT2D eigenvalue weighted by Crippen LogP contribution is -2.36. The van der Waals surface area contributed by atoms with Gasteiger partial charge in [0, 0.05) is 31.9 Å². The summed E-state index contributed by atoms with van der Waals surface area (Å²) in [5.41, 5.74) is -0.320. The van der Waals surface area contributed by atoms with Crippen LogP contribution >= 0.6 is 24.0 Å². The highest BCUT2D eigenvalue weighted by molar-refractivity contribution is 14.0. The van der Waals surface area contributed by atoms with Crippen molar-refractivity contribution in [3.63, 3.8) is 0 Å². The fraction of sp³-hybridized carbons (Fsp3) is 0.333. The van der Waals surface area contributed by atoms with Crippen LogP contribution in [-0.4, -0.2) is 24.6 Å². The molecule has 2 N–H and O–H groups in total. The number of aliphatic imine (C=N–C) groups is 1. The summed E-state index contributed by atoms with van der Waals surface area (Å²) in [6.07, 6.45) is -3.03. The summed E-state index contributed by atoms with van der Waals surface area (Å²) in [6.45, 7) is 2.45. The van der Waals surface area contributed by atoms with Crippen molar-refractivity contribution >= 4 is 29.9 Å². The van der Waals surface area contributed by atoms with Gasteiger partial charge in [0.1, 0.15) is 5.82 Å². The second-order valence-electron chi connectivity index (χ2n) is 5.48. The van der Waals surface area contributed by atoms with E-state index < -0.39 is 17.6 Å². The highest BCUT2D eigenvalue weighted by Crippen LogP contribution is 2.32. The molecule has 0 fully saturated rings. The Morgan fingerprint density at radius 1 is 1.14 bits per heavy atom. The summed E-state index contributed by atoms with van der Waals surface area (Å²) in [4.78, 5) is 8.11. The fourth-order valence-corrected chi connectivity index (χ4v) is 2.37. The van der Waals surface area contributed by atoms with Gasteiger partial charge in [-0.1, -0.05) is 12.1 Å². The van der Waals surface area contributed by atoms with Gasteiger partial charge in [0.05, 0.1) is 12.2 Å². The lowest BCUT2D eigenvalue weighted by Gasteiger charge is -2.16. The molecule has 2 aromatic rings. The third kappa shape index (κ3) is 6.80. The molecule has 1 aromatic heterocycles. The molecular weight excluding hydrogens is 491 g/mol. The van der Waals surface area contributed by atoms with Crippen molar-refractivity contribution in [1.82, 2.24) is 15.6 Å². The van der Waals surface area contributed by atoms with E-state index in [1.807, 2.05) is 13.0 Å². The summed E-state index contributed by atoms with van der Waals surface area (Å²) in [5, 5.41) is 5.78. The topological polar surface area (TPSA) is 58.5 Å². The Kier molecular flexibility index (Phi) is 9.42. The van der Waals surface area contributed by atoms with Gasteiger partial charge in [0.15, 0.2) is 5.96 Å². The third-order valence-electron chi connectivity index (χ3n) is 3.62. The highest BCUT2D eigenvalue weighted by atomic mass is 127. The smallest absolute Gasteiger partial charge is 0.416 e. The lowest BCUT2D eigenvalue weighted by atomic mass is 10.1. The molecule has 154 valence electrons. The Hall–Kier alpha value is -2.11. The van der Waals surface area contributed by atoms with Gasteiger partial charge in [-0.25, -0.2) is 9.37 Å². The molecular formula is C18H21F4IN4O. The SMILES string of the molecule is CCOc1ncccc1CNC(=NC)NCc1ccc(F)cc1C(F)(F)F.I. The predicted molar refractivity (Wildman–Crippen MR) is 109 cm³/mol. The maximum atomic E-state index is 13.2. The monoisotopic (exact) mass is 512 g/mol. The molecule has 10 heteroatoms. The van der Waals surface area contributed by atoms with E-state index in [0.717, 1.165) is 17.7 Å². The number of benzene rings is 1. The minimum Gasteiger partial charge on any atom is -0.478 e. The normalized spacial score (nSPS) is 11.6. The minimum atomic E-state index is -4.64. The van der Waals surface area contributed by atoms with Crippen LogP contribution in [0.4, 0.5) is 17.6 Å². The van der Waals surface area contributed by atoms with E-state index in [0.29, 0.717) is 31.1 Å². The van der Waals surface area contributed by atoms with Gasteiger partial charge in [-0.05, 0) is 30.7 Å². The van der Waals surface area contributed by atoms with Crippen molar-refractivity contribution in [3.8, 4) is 5.88 Å². The zero-order valence-electron chi connectivity index (χ0n) is 15.3. The van der Waals surface area contributed by atoms with Gasteiger partial charge in [-0.2, -0.15) is 13.2 Å². The van der Waals surface area contributed by atoms with Crippen LogP contribution < -0.4 is 15.4 Å². The number of halogens is 5. The first-order chi connectivity index (χ1) is 12.8. The zero-order valence-corrected chi connectivity index (χ0v) is 17.6. The molecule has 0 saturated heterocycles. The number of hydrogen-bond acceptors (Lipinski definition) is 3. The van der Waals surface area contributed by atoms with E-state index in [2.05, 4.69) is 20.6 Å². The van der Waals surface area contributed by atoms with Crippen LogP contribution in [0.3, 0.4) is 0 Å². The Bertz CT molecular complexity index is 799. The Balaban J connectivity index is 0.00000392. The number of nitrogens with one attached hydrogen (secondary N) is 2. The molecule has 0 aliphatic carbocycles. The lowest BCUT2D eigenvalue weighted by molar-refractivity contribution is -0.138. The molecule has 0 bridgehead atoms. The number of alkyl halides is 3. The van der Waals surface area contributed by atoms with Crippen molar-refractivity contribution in [2.75, 3.05) is 13.7 Å². The summed E-state index contributed by atoms with van der Waals surface area (Å²) in [5.74, 6) is -0.173. The quantitative estimate of drug-likeness (QED) is 0.265. The van der Waals surface area contributed by atoms with Crippen LogP contribution in [0.15, 0.2) is 41.5 Å². The fourth-order valence-electron chi connectivity index (χ4n) is 2.37. The Morgan fingerprint density at radius 2 is 1.82 bits per heavy atom. The van der Waals surface area contributed by atoms with Crippen molar-refractivity contribution in [3.05, 3.63) is 59.0 Å². The zero-order chi connectivity index (χ0) is 19.9. The maximum absolute atomic E-state index is 13.2. The number of rotatable bonds is 6. The van der Waals surface area contributed by atoms with Gasteiger partial charge >= 0.3 is 6.18 Å². The van der Waals surface area contributed by atoms with Crippen molar-refractivity contribution in [2.45, 2.75) is 26.2 Å². The predicted octanol–water partition coefficient (Wildman–Crippen LogP) is 4.12. The number of guanidine groups is 1. The largest absolute Gasteiger partial charge is 0.478 e. The number of hydrogen-bond donors (Lipinski definition) is 2. The van der Waals surface area contributed by atoms with Crippen LogP contribution in [0.2, 0.25) is 0 Å². The van der Waals surface area contributed by atoms with Crippen LogP contribution in [0.1, 0.15) is 23.6 Å². The molecule has 0 aliphatic rings. The van der Waals surface area contributed by atoms with E-state index in [1.54, 1.807) is 12.3 Å². The molecule has 28 heavy (non-hydrogen) atoms. The number of pyridine rings is 1. The Labute approximate surface area is 177 Å². The highest BCUT2D eigenvalue weighted by Gasteiger charge is 2.33. The third-order valence-corrected chi connectivity index (χ3v) is 3.62. The first kappa shape index (κ1) is 23.9. The maximum Gasteiger partial charge on any atom is 0.416 e. The van der Waals surface area contributed by atoms with Crippen LogP contribution in [-0.2, 0) is 19.3 Å². The molecule has 0 spiro atoms. The van der Waals surface area contributed by atoms with Crippen molar-refractivity contribution in [1.29, 1.82) is 0 Å². The van der Waals surface area contributed by atoms with Gasteiger partial charge in [0.25, 0.3) is 0 Å². The van der Waals surface area contributed by atoms with E-state index >= 15 is 0 Å². The van der Waals surface area contributed by atoms with Crippen LogP contribution in [0, 0.1) is 5.82 Å². The van der Waals surface area contributed by atoms with Crippen molar-refractivity contribution < 1.29 is 22.3 Å². The summed E-state index contributed by atoms with van der Waals surface area (Å²) < 4.78 is 57.8. The first-order valence-electron chi connectivity index (χ1n) is 8.22. The summed E-state index contributed by atoms with van der Waals surface area (Å²) >= 11 is 0. The molecule has 0 radical (unpaired) electrons. The molecule has 0 aliphatic heterocycles. The van der Waals surface area contributed by atoms with Gasteiger partial charge in [0.2, 0.25) is 5.88 Å². The van der Waals surface area contributed by atoms with Crippen LogP contribution in [0.25, 0.3) is 0 Å². The second kappa shape index (κ2) is 11.0. The number of aromatic nitrogens is 1. The summed E-state index contributed by atoms with van der Waals surface area (Å²) in [6, 6.07) is 6.15. The van der Waals surface area contributed by atoms with Crippen LogP contribution in [0.5, 0.6) is 5.88 Å².